The van der Waals surface area contributed by atoms with Gasteiger partial charge in [0.05, 0.1) is 0 Å². The number of hydrogen-bond acceptors (Lipinski definition) is 2. The number of aryl methyl sites for hydroxylation is 1. The van der Waals surface area contributed by atoms with Crippen molar-refractivity contribution in [3.05, 3.63) is 35.9 Å². The van der Waals surface area contributed by atoms with E-state index in [-0.39, 0.29) is 5.24 Å². The Hall–Kier alpha value is -0.960. The number of unbranched alkanes of at least 4 members (excludes halogenated alkanes) is 2. The standard InChI is InChI=1S/C15H23NOS/c1-2-13-18-15(17)16-12-8-4-7-11-14-9-5-3-6-10-14/h3,5-6,9-10H,2,4,7-8,11-13H2,1H3,(H,16,17). The van der Waals surface area contributed by atoms with Gasteiger partial charge >= 0.3 is 0 Å². The van der Waals surface area contributed by atoms with Crippen LogP contribution in [0.5, 0.6) is 0 Å². The highest BCUT2D eigenvalue weighted by Gasteiger charge is 1.99. The molecule has 3 heteroatoms. The predicted octanol–water partition coefficient (Wildman–Crippen LogP) is 4.25. The van der Waals surface area contributed by atoms with Crippen LogP contribution in [0.2, 0.25) is 0 Å². The summed E-state index contributed by atoms with van der Waals surface area (Å²) in [4.78, 5) is 11.3. The van der Waals surface area contributed by atoms with Crippen LogP contribution in [-0.4, -0.2) is 17.5 Å². The molecule has 1 aromatic rings. The van der Waals surface area contributed by atoms with E-state index >= 15 is 0 Å². The topological polar surface area (TPSA) is 29.1 Å². The smallest absolute Gasteiger partial charge is 0.279 e. The average molecular weight is 265 g/mol. The molecular formula is C15H23NOS. The van der Waals surface area contributed by atoms with Crippen LogP contribution in [0.15, 0.2) is 30.3 Å². The van der Waals surface area contributed by atoms with Crippen molar-refractivity contribution in [2.75, 3.05) is 12.3 Å². The van der Waals surface area contributed by atoms with Crippen LogP contribution < -0.4 is 5.32 Å². The second-order valence-electron chi connectivity index (χ2n) is 4.36. The number of carbonyl (C=O) groups is 1. The highest BCUT2D eigenvalue weighted by molar-refractivity contribution is 8.13. The highest BCUT2D eigenvalue weighted by Crippen LogP contribution is 2.06. The van der Waals surface area contributed by atoms with Crippen LogP contribution in [-0.2, 0) is 6.42 Å². The zero-order valence-electron chi connectivity index (χ0n) is 11.2. The van der Waals surface area contributed by atoms with Crippen LogP contribution in [0.3, 0.4) is 0 Å². The third-order valence-electron chi connectivity index (χ3n) is 2.69. The maximum atomic E-state index is 11.3. The normalized spacial score (nSPS) is 10.3. The van der Waals surface area contributed by atoms with E-state index < -0.39 is 0 Å². The van der Waals surface area contributed by atoms with Crippen molar-refractivity contribution < 1.29 is 4.79 Å². The van der Waals surface area contributed by atoms with Gasteiger partial charge < -0.3 is 5.32 Å². The van der Waals surface area contributed by atoms with Gasteiger partial charge in [0, 0.05) is 12.3 Å². The lowest BCUT2D eigenvalue weighted by Gasteiger charge is -2.04. The summed E-state index contributed by atoms with van der Waals surface area (Å²) in [5, 5.41) is 3.07. The number of carbonyl (C=O) groups excluding carboxylic acids is 1. The summed E-state index contributed by atoms with van der Waals surface area (Å²) in [5.74, 6) is 0.917. The predicted molar refractivity (Wildman–Crippen MR) is 80.1 cm³/mol. The van der Waals surface area contributed by atoms with Gasteiger partial charge in [-0.3, -0.25) is 4.79 Å². The summed E-state index contributed by atoms with van der Waals surface area (Å²) in [6.45, 7) is 2.90. The lowest BCUT2D eigenvalue weighted by atomic mass is 10.1. The molecule has 0 saturated carbocycles. The molecule has 1 aromatic carbocycles. The van der Waals surface area contributed by atoms with Crippen molar-refractivity contribution in [3.63, 3.8) is 0 Å². The Morgan fingerprint density at radius 3 is 2.67 bits per heavy atom. The Morgan fingerprint density at radius 1 is 1.17 bits per heavy atom. The number of amides is 1. The third-order valence-corrected chi connectivity index (χ3v) is 3.71. The van der Waals surface area contributed by atoms with E-state index in [4.69, 9.17) is 0 Å². The van der Waals surface area contributed by atoms with Gasteiger partial charge in [-0.25, -0.2) is 0 Å². The van der Waals surface area contributed by atoms with Crippen molar-refractivity contribution in [3.8, 4) is 0 Å². The van der Waals surface area contributed by atoms with Crippen molar-refractivity contribution in [2.45, 2.75) is 39.0 Å². The van der Waals surface area contributed by atoms with Crippen molar-refractivity contribution in [1.82, 2.24) is 5.32 Å². The molecule has 1 N–H and O–H groups in total. The Bertz CT molecular complexity index is 327. The summed E-state index contributed by atoms with van der Waals surface area (Å²) in [6.07, 6.45) is 5.63. The number of benzene rings is 1. The van der Waals surface area contributed by atoms with Gasteiger partial charge in [-0.1, -0.05) is 55.4 Å². The summed E-state index contributed by atoms with van der Waals surface area (Å²) in [5.41, 5.74) is 1.40. The summed E-state index contributed by atoms with van der Waals surface area (Å²) in [7, 11) is 0. The highest BCUT2D eigenvalue weighted by atomic mass is 32.2. The molecule has 0 unspecified atom stereocenters. The van der Waals surface area contributed by atoms with Gasteiger partial charge in [0.2, 0.25) is 0 Å². The second kappa shape index (κ2) is 10.0. The van der Waals surface area contributed by atoms with Crippen LogP contribution in [0.4, 0.5) is 4.79 Å². The lowest BCUT2D eigenvalue weighted by molar-refractivity contribution is 0.260. The molecule has 0 saturated heterocycles. The van der Waals surface area contributed by atoms with Crippen LogP contribution in [0.1, 0.15) is 38.2 Å². The maximum absolute atomic E-state index is 11.3. The minimum Gasteiger partial charge on any atom is -0.347 e. The molecule has 0 aliphatic heterocycles. The van der Waals surface area contributed by atoms with Gasteiger partial charge in [0.15, 0.2) is 0 Å². The van der Waals surface area contributed by atoms with Gasteiger partial charge in [-0.05, 0) is 31.2 Å². The summed E-state index contributed by atoms with van der Waals surface area (Å²) >= 11 is 1.39. The maximum Gasteiger partial charge on any atom is 0.279 e. The molecule has 0 heterocycles. The lowest BCUT2D eigenvalue weighted by Crippen LogP contribution is -2.20. The molecular weight excluding hydrogens is 242 g/mol. The van der Waals surface area contributed by atoms with E-state index in [1.165, 1.54) is 30.2 Å². The SMILES string of the molecule is CCCSC(=O)NCCCCCc1ccccc1. The van der Waals surface area contributed by atoms with E-state index in [1.807, 2.05) is 6.07 Å². The number of hydrogen-bond donors (Lipinski definition) is 1. The molecule has 0 radical (unpaired) electrons. The zero-order valence-corrected chi connectivity index (χ0v) is 12.0. The quantitative estimate of drug-likeness (QED) is 0.712. The number of thioether (sulfide) groups is 1. The van der Waals surface area contributed by atoms with Gasteiger partial charge in [0.1, 0.15) is 0 Å². The third kappa shape index (κ3) is 7.38. The molecule has 0 aliphatic carbocycles. The number of nitrogens with one attached hydrogen (secondary N) is 1. The first-order valence-electron chi connectivity index (χ1n) is 6.77. The first-order chi connectivity index (χ1) is 8.83. The van der Waals surface area contributed by atoms with Gasteiger partial charge in [-0.2, -0.15) is 0 Å². The Kier molecular flexibility index (Phi) is 8.40. The molecule has 2 nitrogen and oxygen atoms in total. The monoisotopic (exact) mass is 265 g/mol. The molecule has 18 heavy (non-hydrogen) atoms. The molecule has 1 amide bonds. The van der Waals surface area contributed by atoms with Crippen molar-refractivity contribution >= 4 is 17.0 Å². The molecule has 100 valence electrons. The van der Waals surface area contributed by atoms with Gasteiger partial charge in [-0.15, -0.1) is 0 Å². The first-order valence-corrected chi connectivity index (χ1v) is 7.76. The fourth-order valence-electron chi connectivity index (χ4n) is 1.71. The molecule has 0 spiro atoms. The molecule has 0 aliphatic rings. The minimum absolute atomic E-state index is 0.125. The Morgan fingerprint density at radius 2 is 1.94 bits per heavy atom. The largest absolute Gasteiger partial charge is 0.347 e. The van der Waals surface area contributed by atoms with Gasteiger partial charge in [0.25, 0.3) is 5.24 Å². The average Bonchev–Trinajstić information content (AvgIpc) is 2.41. The summed E-state index contributed by atoms with van der Waals surface area (Å²) in [6, 6.07) is 10.6. The van der Waals surface area contributed by atoms with E-state index in [1.54, 1.807) is 0 Å². The van der Waals surface area contributed by atoms with E-state index in [0.717, 1.165) is 31.6 Å². The van der Waals surface area contributed by atoms with Crippen LogP contribution in [0, 0.1) is 0 Å². The minimum atomic E-state index is 0.125. The molecule has 0 aromatic heterocycles. The molecule has 0 atom stereocenters. The second-order valence-corrected chi connectivity index (χ2v) is 5.43. The molecule has 0 bridgehead atoms. The zero-order chi connectivity index (χ0) is 13.1. The first kappa shape index (κ1) is 15.1. The molecule has 1 rings (SSSR count). The fourth-order valence-corrected chi connectivity index (χ4v) is 2.31. The molecule has 0 fully saturated rings. The van der Waals surface area contributed by atoms with Crippen molar-refractivity contribution in [2.24, 2.45) is 0 Å². The Balaban J connectivity index is 1.94. The van der Waals surface area contributed by atoms with Crippen LogP contribution in [0.25, 0.3) is 0 Å². The van der Waals surface area contributed by atoms with Crippen molar-refractivity contribution in [1.29, 1.82) is 0 Å². The van der Waals surface area contributed by atoms with E-state index in [9.17, 15) is 4.79 Å². The van der Waals surface area contributed by atoms with E-state index in [0.29, 0.717) is 0 Å². The number of rotatable bonds is 8. The summed E-state index contributed by atoms with van der Waals surface area (Å²) < 4.78 is 0. The Labute approximate surface area is 115 Å². The van der Waals surface area contributed by atoms with Crippen LogP contribution >= 0.6 is 11.8 Å². The van der Waals surface area contributed by atoms with E-state index in [2.05, 4.69) is 36.5 Å². The fraction of sp³-hybridized carbons (Fsp3) is 0.533.